The van der Waals surface area contributed by atoms with E-state index in [0.717, 1.165) is 24.3 Å². The molecule has 5 rings (SSSR count). The fourth-order valence-electron chi connectivity index (χ4n) is 7.78. The summed E-state index contributed by atoms with van der Waals surface area (Å²) in [5, 5.41) is 12.5. The van der Waals surface area contributed by atoms with Crippen LogP contribution in [-0.2, 0) is 24.5 Å². The summed E-state index contributed by atoms with van der Waals surface area (Å²) < 4.78 is 16.6. The molecule has 3 heterocycles. The molecule has 6 atom stereocenters. The lowest BCUT2D eigenvalue weighted by Gasteiger charge is -2.63. The quantitative estimate of drug-likeness (QED) is 0.380. The zero-order valence-electron chi connectivity index (χ0n) is 20.3. The molecule has 2 fully saturated rings. The van der Waals surface area contributed by atoms with E-state index in [4.69, 9.17) is 19.9 Å². The highest BCUT2D eigenvalue weighted by molar-refractivity contribution is 5.87. The van der Waals surface area contributed by atoms with Gasteiger partial charge in [0.2, 0.25) is 5.60 Å². The zero-order valence-corrected chi connectivity index (χ0v) is 20.3. The fraction of sp³-hybridized carbons (Fsp3) is 0.600. The van der Waals surface area contributed by atoms with Crippen molar-refractivity contribution in [2.24, 2.45) is 5.41 Å². The van der Waals surface area contributed by atoms with Gasteiger partial charge in [-0.25, -0.2) is 4.79 Å². The minimum atomic E-state index is -2.12. The Morgan fingerprint density at radius 2 is 2.00 bits per heavy atom. The van der Waals surface area contributed by atoms with E-state index in [2.05, 4.69) is 11.0 Å². The number of anilines is 2. The number of fused-ring (bicyclic) bond motifs is 1. The maximum absolute atomic E-state index is 13.5. The first kappa shape index (κ1) is 23.0. The van der Waals surface area contributed by atoms with Crippen LogP contribution in [0.5, 0.6) is 5.75 Å². The highest BCUT2D eigenvalue weighted by atomic mass is 16.6. The molecule has 9 nitrogen and oxygen atoms in total. The fourth-order valence-corrected chi connectivity index (χ4v) is 7.78. The van der Waals surface area contributed by atoms with Crippen molar-refractivity contribution in [1.82, 2.24) is 4.90 Å². The molecule has 0 radical (unpaired) electrons. The van der Waals surface area contributed by atoms with Gasteiger partial charge >= 0.3 is 11.9 Å². The van der Waals surface area contributed by atoms with Gasteiger partial charge in [0.15, 0.2) is 6.10 Å². The number of nitrogen functional groups attached to an aromatic ring is 1. The number of nitrogens with zero attached hydrogens (tertiary/aromatic N) is 2. The van der Waals surface area contributed by atoms with Crippen molar-refractivity contribution >= 4 is 23.3 Å². The van der Waals surface area contributed by atoms with Crippen LogP contribution in [0.15, 0.2) is 24.3 Å². The summed E-state index contributed by atoms with van der Waals surface area (Å²) in [5.41, 5.74) is 5.11. The van der Waals surface area contributed by atoms with Crippen LogP contribution in [0.1, 0.15) is 32.3 Å². The van der Waals surface area contributed by atoms with Crippen molar-refractivity contribution in [2.45, 2.75) is 55.9 Å². The number of methoxy groups -OCH3 is 2. The van der Waals surface area contributed by atoms with Crippen LogP contribution in [0.4, 0.5) is 11.4 Å². The normalized spacial score (nSPS) is 37.6. The molecule has 9 heteroatoms. The molecular weight excluding hydrogens is 438 g/mol. The van der Waals surface area contributed by atoms with Crippen LogP contribution in [0.25, 0.3) is 0 Å². The summed E-state index contributed by atoms with van der Waals surface area (Å²) in [6.07, 6.45) is 4.23. The van der Waals surface area contributed by atoms with E-state index in [1.165, 1.54) is 14.0 Å². The van der Waals surface area contributed by atoms with Gasteiger partial charge in [-0.15, -0.1) is 0 Å². The topological polar surface area (TPSA) is 115 Å². The van der Waals surface area contributed by atoms with Gasteiger partial charge < -0.3 is 30.0 Å². The summed E-state index contributed by atoms with van der Waals surface area (Å²) in [7, 11) is 4.67. The van der Waals surface area contributed by atoms with Crippen LogP contribution in [0.3, 0.4) is 0 Å². The third-order valence-electron chi connectivity index (χ3n) is 8.76. The van der Waals surface area contributed by atoms with Gasteiger partial charge in [-0.05, 0) is 31.0 Å². The van der Waals surface area contributed by atoms with Crippen molar-refractivity contribution in [2.75, 3.05) is 45.0 Å². The Morgan fingerprint density at radius 1 is 1.26 bits per heavy atom. The molecule has 3 N–H and O–H groups in total. The number of rotatable bonds is 4. The molecule has 4 aliphatic rings. The second kappa shape index (κ2) is 7.36. The number of nitrogens with two attached hydrogens (primary N) is 1. The van der Waals surface area contributed by atoms with E-state index in [-0.39, 0.29) is 6.04 Å². The van der Waals surface area contributed by atoms with Crippen LogP contribution in [0.2, 0.25) is 0 Å². The number of hydrogen-bond acceptors (Lipinski definition) is 9. The first-order chi connectivity index (χ1) is 16.1. The summed E-state index contributed by atoms with van der Waals surface area (Å²) in [5.74, 6) is -0.842. The minimum absolute atomic E-state index is 0.120. The van der Waals surface area contributed by atoms with Crippen LogP contribution < -0.4 is 15.4 Å². The summed E-state index contributed by atoms with van der Waals surface area (Å²) in [6, 6.07) is 2.94. The molecule has 1 aromatic carbocycles. The number of aliphatic hydroxyl groups is 1. The van der Waals surface area contributed by atoms with Gasteiger partial charge in [-0.2, -0.15) is 0 Å². The molecule has 0 amide bonds. The SMILES string of the molecule is CC[C@]12C=CCN3CC[C@@]4(c5cc(N)c(OC)cc5N(C)[C@H]4[C@@](O)(C(=O)OC)[C@@H]1OC(C)=O)[C@@H]32. The molecular formula is C25H33N3O6. The standard InChI is InChI=1S/C25H33N3O6/c1-6-23-8-7-10-28-11-9-24(19(23)28)15-12-16(26)18(32-4)13-17(15)27(3)20(24)25(31,22(30)33-5)21(23)34-14(2)29/h7-8,12-13,19-21,31H,6,9-11,26H2,1-5H3/t19-,20+,21+,23+,24+,25-/m0/s1. The highest BCUT2D eigenvalue weighted by Gasteiger charge is 2.80. The average molecular weight is 472 g/mol. The van der Waals surface area contributed by atoms with Crippen LogP contribution >= 0.6 is 0 Å². The van der Waals surface area contributed by atoms with Crippen molar-refractivity contribution < 1.29 is 28.9 Å². The van der Waals surface area contributed by atoms with Gasteiger partial charge in [0.05, 0.1) is 25.9 Å². The second-order valence-corrected chi connectivity index (χ2v) is 9.99. The molecule has 1 aliphatic carbocycles. The van der Waals surface area contributed by atoms with E-state index >= 15 is 0 Å². The molecule has 184 valence electrons. The molecule has 0 aromatic heterocycles. The zero-order chi connectivity index (χ0) is 24.6. The van der Waals surface area contributed by atoms with E-state index in [0.29, 0.717) is 24.3 Å². The Morgan fingerprint density at radius 3 is 2.62 bits per heavy atom. The Bertz CT molecular complexity index is 1090. The van der Waals surface area contributed by atoms with Gasteiger partial charge in [0.1, 0.15) is 5.75 Å². The predicted octanol–water partition coefficient (Wildman–Crippen LogP) is 1.22. The molecule has 1 aromatic rings. The molecule has 3 aliphatic heterocycles. The summed E-state index contributed by atoms with van der Waals surface area (Å²) >= 11 is 0. The van der Waals surface area contributed by atoms with Crippen molar-refractivity contribution in [1.29, 1.82) is 0 Å². The first-order valence-electron chi connectivity index (χ1n) is 11.7. The largest absolute Gasteiger partial charge is 0.495 e. The number of ether oxygens (including phenoxy) is 3. The number of hydrogen-bond donors (Lipinski definition) is 2. The Balaban J connectivity index is 1.88. The van der Waals surface area contributed by atoms with E-state index < -0.39 is 40.5 Å². The van der Waals surface area contributed by atoms with Gasteiger partial charge in [0, 0.05) is 49.1 Å². The van der Waals surface area contributed by atoms with Gasteiger partial charge in [-0.1, -0.05) is 19.1 Å². The smallest absolute Gasteiger partial charge is 0.344 e. The lowest BCUT2D eigenvalue weighted by atomic mass is 9.47. The van der Waals surface area contributed by atoms with Crippen molar-refractivity contribution in [3.05, 3.63) is 29.8 Å². The van der Waals surface area contributed by atoms with Crippen molar-refractivity contribution in [3.8, 4) is 5.75 Å². The summed E-state index contributed by atoms with van der Waals surface area (Å²) in [6.45, 7) is 4.84. The van der Waals surface area contributed by atoms with E-state index in [1.54, 1.807) is 7.11 Å². The van der Waals surface area contributed by atoms with Crippen molar-refractivity contribution in [3.63, 3.8) is 0 Å². The van der Waals surface area contributed by atoms with Crippen LogP contribution in [-0.4, -0.2) is 80.1 Å². The maximum atomic E-state index is 13.5. The predicted molar refractivity (Wildman–Crippen MR) is 126 cm³/mol. The lowest BCUT2D eigenvalue weighted by molar-refractivity contribution is -0.228. The first-order valence-corrected chi connectivity index (χ1v) is 11.7. The van der Waals surface area contributed by atoms with E-state index in [1.807, 2.05) is 37.1 Å². The number of likely N-dealkylation sites (N-methyl/N-ethyl adjacent to an activating group) is 1. The van der Waals surface area contributed by atoms with E-state index in [9.17, 15) is 14.7 Å². The third-order valence-corrected chi connectivity index (χ3v) is 8.76. The lowest BCUT2D eigenvalue weighted by Crippen LogP contribution is -2.81. The molecule has 1 spiro atoms. The number of benzene rings is 1. The third kappa shape index (κ3) is 2.46. The van der Waals surface area contributed by atoms with Crippen LogP contribution in [0, 0.1) is 5.41 Å². The monoisotopic (exact) mass is 471 g/mol. The minimum Gasteiger partial charge on any atom is -0.495 e. The summed E-state index contributed by atoms with van der Waals surface area (Å²) in [4.78, 5) is 30.2. The molecule has 1 saturated heterocycles. The molecule has 0 unspecified atom stereocenters. The number of carbonyl (C=O) groups excluding carboxylic acids is 2. The van der Waals surface area contributed by atoms with Gasteiger partial charge in [0.25, 0.3) is 0 Å². The number of esters is 2. The Kier molecular flexibility index (Phi) is 4.97. The Labute approximate surface area is 199 Å². The molecule has 0 bridgehead atoms. The maximum Gasteiger partial charge on any atom is 0.344 e. The average Bonchev–Trinajstić information content (AvgIpc) is 3.32. The molecule has 1 saturated carbocycles. The highest BCUT2D eigenvalue weighted by Crippen LogP contribution is 2.67. The molecule has 34 heavy (non-hydrogen) atoms. The second-order valence-electron chi connectivity index (χ2n) is 9.99. The number of carbonyl (C=O) groups is 2. The Hall–Kier alpha value is -2.78. The van der Waals surface area contributed by atoms with Gasteiger partial charge in [-0.3, -0.25) is 9.69 Å².